The van der Waals surface area contributed by atoms with Crippen molar-refractivity contribution < 1.29 is 19.1 Å². The molecule has 1 saturated heterocycles. The Morgan fingerprint density at radius 1 is 0.964 bits per heavy atom. The minimum atomic E-state index is -0.275. The van der Waals surface area contributed by atoms with Gasteiger partial charge in [-0.3, -0.25) is 9.59 Å². The molecule has 3 aliphatic carbocycles. The van der Waals surface area contributed by atoms with Crippen molar-refractivity contribution in [3.63, 3.8) is 0 Å². The molecule has 4 aliphatic rings. The zero-order valence-electron chi connectivity index (χ0n) is 16.9. The Kier molecular flexibility index (Phi) is 3.98. The molecular formula is C24H28O4. The van der Waals surface area contributed by atoms with Gasteiger partial charge < -0.3 is 9.47 Å². The molecule has 148 valence electrons. The van der Waals surface area contributed by atoms with Crippen LogP contribution in [0.4, 0.5) is 0 Å². The zero-order chi connectivity index (χ0) is 19.7. The van der Waals surface area contributed by atoms with Crippen LogP contribution >= 0.6 is 0 Å². The molecule has 0 N–H and O–H groups in total. The fourth-order valence-electron chi connectivity index (χ4n) is 6.62. The lowest BCUT2D eigenvalue weighted by atomic mass is 9.47. The van der Waals surface area contributed by atoms with Gasteiger partial charge in [-0.2, -0.15) is 0 Å². The molecule has 0 aromatic heterocycles. The number of allylic oxidation sites excluding steroid dienone is 2. The van der Waals surface area contributed by atoms with E-state index in [1.807, 2.05) is 6.07 Å². The van der Waals surface area contributed by atoms with Crippen LogP contribution in [0.2, 0.25) is 0 Å². The predicted molar refractivity (Wildman–Crippen MR) is 106 cm³/mol. The van der Waals surface area contributed by atoms with Gasteiger partial charge in [0.05, 0.1) is 13.2 Å². The minimum Gasteiger partial charge on any atom is -0.350 e. The van der Waals surface area contributed by atoms with E-state index in [1.54, 1.807) is 0 Å². The van der Waals surface area contributed by atoms with E-state index in [2.05, 4.69) is 26.8 Å². The second-order valence-corrected chi connectivity index (χ2v) is 9.81. The summed E-state index contributed by atoms with van der Waals surface area (Å²) in [7, 11) is 0. The molecule has 5 rings (SSSR count). The first-order chi connectivity index (χ1) is 13.3. The molecule has 2 fully saturated rings. The summed E-state index contributed by atoms with van der Waals surface area (Å²) in [6.07, 6.45) is 6.92. The highest BCUT2D eigenvalue weighted by Crippen LogP contribution is 2.63. The number of hydrogen-bond acceptors (Lipinski definition) is 4. The van der Waals surface area contributed by atoms with Crippen molar-refractivity contribution in [2.75, 3.05) is 13.2 Å². The third kappa shape index (κ3) is 2.44. The molecule has 0 unspecified atom stereocenters. The largest absolute Gasteiger partial charge is 0.350 e. The van der Waals surface area contributed by atoms with Gasteiger partial charge in [-0.25, -0.2) is 0 Å². The highest BCUT2D eigenvalue weighted by atomic mass is 16.7. The van der Waals surface area contributed by atoms with Crippen LogP contribution in [0.1, 0.15) is 77.8 Å². The first-order valence-electron chi connectivity index (χ1n) is 10.5. The van der Waals surface area contributed by atoms with Crippen LogP contribution in [0.15, 0.2) is 24.3 Å². The molecular weight excluding hydrogens is 352 g/mol. The second-order valence-electron chi connectivity index (χ2n) is 9.81. The van der Waals surface area contributed by atoms with E-state index in [9.17, 15) is 9.59 Å². The number of hydrogen-bond donors (Lipinski definition) is 0. The third-order valence-corrected chi connectivity index (χ3v) is 7.90. The molecule has 0 radical (unpaired) electrons. The highest BCUT2D eigenvalue weighted by molar-refractivity contribution is 6.22. The van der Waals surface area contributed by atoms with Crippen molar-refractivity contribution >= 4 is 11.6 Å². The van der Waals surface area contributed by atoms with Gasteiger partial charge in [0, 0.05) is 17.0 Å². The maximum atomic E-state index is 12.8. The predicted octanol–water partition coefficient (Wildman–Crippen LogP) is 4.47. The Balaban J connectivity index is 1.75. The molecule has 3 atom stereocenters. The number of fused-ring (bicyclic) bond motifs is 4. The number of rotatable bonds is 1. The summed E-state index contributed by atoms with van der Waals surface area (Å²) in [5, 5.41) is 0. The smallest absolute Gasteiger partial charge is 0.187 e. The maximum absolute atomic E-state index is 12.8. The van der Waals surface area contributed by atoms with Crippen molar-refractivity contribution in [2.24, 2.45) is 16.7 Å². The van der Waals surface area contributed by atoms with E-state index < -0.39 is 0 Å². The maximum Gasteiger partial charge on any atom is 0.187 e. The van der Waals surface area contributed by atoms with Crippen LogP contribution in [-0.4, -0.2) is 31.1 Å². The van der Waals surface area contributed by atoms with Crippen LogP contribution in [0, 0.1) is 16.7 Å². The van der Waals surface area contributed by atoms with Gasteiger partial charge in [0.15, 0.2) is 17.9 Å². The SMILES string of the molecule is CC1(C)CCC[C@]2(C)[C@@H](C3OCCO3)c3ccc4c(c3C[C@@H]12)C(=O)C=CC4=O. The quantitative estimate of drug-likeness (QED) is 0.721. The number of benzene rings is 1. The minimum absolute atomic E-state index is 0.0457. The molecule has 1 heterocycles. The van der Waals surface area contributed by atoms with Crippen molar-refractivity contribution in [3.8, 4) is 0 Å². The van der Waals surface area contributed by atoms with E-state index in [1.165, 1.54) is 25.0 Å². The summed E-state index contributed by atoms with van der Waals surface area (Å²) in [5.74, 6) is 0.385. The van der Waals surface area contributed by atoms with Gasteiger partial charge in [0.2, 0.25) is 0 Å². The molecule has 1 aliphatic heterocycles. The van der Waals surface area contributed by atoms with Crippen LogP contribution < -0.4 is 0 Å². The lowest BCUT2D eigenvalue weighted by Crippen LogP contribution is -2.52. The number of carbonyl (C=O) groups excluding carboxylic acids is 2. The summed E-state index contributed by atoms with van der Waals surface area (Å²) in [5.41, 5.74) is 3.60. The Hall–Kier alpha value is -1.78. The Labute approximate surface area is 166 Å². The van der Waals surface area contributed by atoms with Gasteiger partial charge in [-0.1, -0.05) is 39.3 Å². The summed E-state index contributed by atoms with van der Waals surface area (Å²) >= 11 is 0. The van der Waals surface area contributed by atoms with E-state index >= 15 is 0 Å². The molecule has 1 aromatic carbocycles. The van der Waals surface area contributed by atoms with Gasteiger partial charge in [-0.05, 0) is 59.3 Å². The van der Waals surface area contributed by atoms with Crippen LogP contribution in [0.3, 0.4) is 0 Å². The highest BCUT2D eigenvalue weighted by Gasteiger charge is 2.57. The summed E-state index contributed by atoms with van der Waals surface area (Å²) < 4.78 is 12.1. The third-order valence-electron chi connectivity index (χ3n) is 7.90. The van der Waals surface area contributed by atoms with Crippen molar-refractivity contribution in [2.45, 2.75) is 58.7 Å². The van der Waals surface area contributed by atoms with Gasteiger partial charge in [0.1, 0.15) is 0 Å². The number of carbonyl (C=O) groups is 2. The molecule has 1 aromatic rings. The lowest BCUT2D eigenvalue weighted by molar-refractivity contribution is -0.132. The van der Waals surface area contributed by atoms with Crippen LogP contribution in [-0.2, 0) is 15.9 Å². The lowest BCUT2D eigenvalue weighted by Gasteiger charge is -2.58. The summed E-state index contributed by atoms with van der Waals surface area (Å²) in [6, 6.07) is 3.91. The standard InChI is InChI=1S/C24H28O4/c1-23(2)9-4-10-24(3)19(23)13-16-14(21(24)22-27-11-12-28-22)5-6-15-17(25)7-8-18(26)20(15)16/h5-8,19,21-22H,4,9-13H2,1-3H3/t19-,21+,24-/m0/s1. The fraction of sp³-hybridized carbons (Fsp3) is 0.583. The fourth-order valence-corrected chi connectivity index (χ4v) is 6.62. The molecule has 4 heteroatoms. The zero-order valence-corrected chi connectivity index (χ0v) is 16.9. The van der Waals surface area contributed by atoms with E-state index in [4.69, 9.17) is 9.47 Å². The van der Waals surface area contributed by atoms with Crippen LogP contribution in [0.5, 0.6) is 0 Å². The topological polar surface area (TPSA) is 52.6 Å². The average molecular weight is 380 g/mol. The average Bonchev–Trinajstić information content (AvgIpc) is 3.16. The monoisotopic (exact) mass is 380 g/mol. The first-order valence-corrected chi connectivity index (χ1v) is 10.5. The molecule has 0 spiro atoms. The Bertz CT molecular complexity index is 890. The molecule has 28 heavy (non-hydrogen) atoms. The Morgan fingerprint density at radius 2 is 1.68 bits per heavy atom. The number of ether oxygens (including phenoxy) is 2. The van der Waals surface area contributed by atoms with E-state index in [0.717, 1.165) is 24.0 Å². The number of ketones is 2. The van der Waals surface area contributed by atoms with Crippen molar-refractivity contribution in [3.05, 3.63) is 46.5 Å². The normalized spacial score (nSPS) is 34.1. The van der Waals surface area contributed by atoms with Gasteiger partial charge >= 0.3 is 0 Å². The van der Waals surface area contributed by atoms with Gasteiger partial charge in [-0.15, -0.1) is 0 Å². The second kappa shape index (κ2) is 6.11. The van der Waals surface area contributed by atoms with E-state index in [0.29, 0.717) is 30.3 Å². The molecule has 0 amide bonds. The molecule has 0 bridgehead atoms. The van der Waals surface area contributed by atoms with Crippen LogP contribution in [0.25, 0.3) is 0 Å². The van der Waals surface area contributed by atoms with Gasteiger partial charge in [0.25, 0.3) is 0 Å². The van der Waals surface area contributed by atoms with Crippen molar-refractivity contribution in [1.82, 2.24) is 0 Å². The summed E-state index contributed by atoms with van der Waals surface area (Å²) in [6.45, 7) is 8.34. The van der Waals surface area contributed by atoms with Crippen molar-refractivity contribution in [1.29, 1.82) is 0 Å². The summed E-state index contributed by atoms with van der Waals surface area (Å²) in [4.78, 5) is 25.3. The Morgan fingerprint density at radius 3 is 2.43 bits per heavy atom. The first kappa shape index (κ1) is 18.3. The molecule has 4 nitrogen and oxygen atoms in total. The molecule has 1 saturated carbocycles. The van der Waals surface area contributed by atoms with E-state index in [-0.39, 0.29) is 34.6 Å².